The molecule has 174 valence electrons. The lowest BCUT2D eigenvalue weighted by molar-refractivity contribution is -0.136. The molecule has 4 aromatic rings. The van der Waals surface area contributed by atoms with Gasteiger partial charge in [0.25, 0.3) is 0 Å². The number of ether oxygens (including phenoxy) is 1. The molecule has 0 aliphatic carbocycles. The number of hydrogen-bond donors (Lipinski definition) is 1. The lowest BCUT2D eigenvalue weighted by atomic mass is 9.88. The molecule has 3 heterocycles. The van der Waals surface area contributed by atoms with Gasteiger partial charge in [-0.05, 0) is 54.3 Å². The summed E-state index contributed by atoms with van der Waals surface area (Å²) in [5.74, 6) is -0.279. The maximum atomic E-state index is 12.0. The van der Waals surface area contributed by atoms with Crippen LogP contribution >= 0.6 is 11.6 Å². The van der Waals surface area contributed by atoms with Crippen LogP contribution in [0.2, 0.25) is 5.02 Å². The molecule has 0 fully saturated rings. The first kappa shape index (κ1) is 22.4. The second kappa shape index (κ2) is 8.74. The second-order valence-electron chi connectivity index (χ2n) is 8.58. The molecule has 5 rings (SSSR count). The molecule has 8 heteroatoms. The maximum Gasteiger partial charge on any atom is 0.307 e. The van der Waals surface area contributed by atoms with Gasteiger partial charge in [0.15, 0.2) is 0 Å². The van der Waals surface area contributed by atoms with Crippen LogP contribution in [0.3, 0.4) is 0 Å². The van der Waals surface area contributed by atoms with E-state index >= 15 is 0 Å². The molecule has 0 bridgehead atoms. The highest BCUT2D eigenvalue weighted by Crippen LogP contribution is 2.46. The summed E-state index contributed by atoms with van der Waals surface area (Å²) in [6.45, 7) is 6.01. The zero-order valence-corrected chi connectivity index (χ0v) is 20.1. The molecule has 0 atom stereocenters. The van der Waals surface area contributed by atoms with E-state index in [9.17, 15) is 9.90 Å². The smallest absolute Gasteiger partial charge is 0.307 e. The Balaban J connectivity index is 1.79. The van der Waals surface area contributed by atoms with Crippen molar-refractivity contribution < 1.29 is 14.6 Å². The van der Waals surface area contributed by atoms with Gasteiger partial charge in [-0.1, -0.05) is 23.7 Å². The number of anilines is 2. The van der Waals surface area contributed by atoms with Crippen LogP contribution in [0.4, 0.5) is 11.6 Å². The van der Waals surface area contributed by atoms with Crippen LogP contribution in [0.1, 0.15) is 22.4 Å². The molecule has 7 nitrogen and oxygen atoms in total. The SMILES string of the molecule is COCc1cnc(N2CCn3c(C)cc4c(-c5ccc(Cl)cc5)c(CC(=O)O)c(C)c2c43)nc1. The van der Waals surface area contributed by atoms with Gasteiger partial charge in [-0.2, -0.15) is 0 Å². The van der Waals surface area contributed by atoms with E-state index in [0.717, 1.165) is 56.6 Å². The van der Waals surface area contributed by atoms with Crippen molar-refractivity contribution in [2.24, 2.45) is 0 Å². The quantitative estimate of drug-likeness (QED) is 0.407. The number of aryl methyl sites for hydroxylation is 1. The van der Waals surface area contributed by atoms with Gasteiger partial charge in [0.05, 0.1) is 24.2 Å². The predicted octanol–water partition coefficient (Wildman–Crippen LogP) is 5.29. The molecule has 0 saturated heterocycles. The maximum absolute atomic E-state index is 12.0. The van der Waals surface area contributed by atoms with Crippen molar-refractivity contribution in [3.63, 3.8) is 0 Å². The third kappa shape index (κ3) is 3.71. The number of rotatable bonds is 6. The van der Waals surface area contributed by atoms with E-state index in [1.54, 1.807) is 19.5 Å². The minimum atomic E-state index is -0.872. The van der Waals surface area contributed by atoms with Crippen LogP contribution in [0.15, 0.2) is 42.7 Å². The standard InChI is InChI=1S/C26H25ClN4O3/c1-15-10-21-23(18-4-6-19(27)7-5-18)20(11-22(32)33)16(2)24-25(21)30(15)8-9-31(24)26-28-12-17(13-29-26)14-34-3/h4-7,10,12-13H,8-9,11,14H2,1-3H3,(H,32,33). The highest BCUT2D eigenvalue weighted by molar-refractivity contribution is 6.30. The number of hydrogen-bond acceptors (Lipinski definition) is 5. The minimum Gasteiger partial charge on any atom is -0.481 e. The van der Waals surface area contributed by atoms with Crippen molar-refractivity contribution in [1.29, 1.82) is 0 Å². The number of methoxy groups -OCH3 is 1. The summed E-state index contributed by atoms with van der Waals surface area (Å²) in [4.78, 5) is 23.3. The summed E-state index contributed by atoms with van der Waals surface area (Å²) in [6, 6.07) is 9.74. The summed E-state index contributed by atoms with van der Waals surface area (Å²) in [5.41, 5.74) is 7.66. The zero-order valence-electron chi connectivity index (χ0n) is 19.3. The Labute approximate surface area is 202 Å². The molecule has 0 saturated carbocycles. The Bertz CT molecular complexity index is 1400. The Hall–Kier alpha value is -3.42. The number of carboxylic acid groups (broad SMARTS) is 1. The van der Waals surface area contributed by atoms with E-state index < -0.39 is 5.97 Å². The van der Waals surface area contributed by atoms with E-state index in [1.165, 1.54) is 0 Å². The first-order valence-corrected chi connectivity index (χ1v) is 11.5. The van der Waals surface area contributed by atoms with Crippen molar-refractivity contribution in [2.45, 2.75) is 33.4 Å². The molecule has 0 spiro atoms. The summed E-state index contributed by atoms with van der Waals surface area (Å²) >= 11 is 6.15. The van der Waals surface area contributed by atoms with Crippen molar-refractivity contribution >= 4 is 40.1 Å². The Morgan fingerprint density at radius 3 is 2.50 bits per heavy atom. The molecule has 2 aromatic heterocycles. The third-order valence-electron chi connectivity index (χ3n) is 6.43. The summed E-state index contributed by atoms with van der Waals surface area (Å²) in [7, 11) is 1.64. The number of carboxylic acids is 1. The molecular weight excluding hydrogens is 452 g/mol. The van der Waals surface area contributed by atoms with Crippen LogP contribution in [0.5, 0.6) is 0 Å². The van der Waals surface area contributed by atoms with Crippen molar-refractivity contribution in [3.05, 3.63) is 70.1 Å². The van der Waals surface area contributed by atoms with Gasteiger partial charge in [0.2, 0.25) is 5.95 Å². The van der Waals surface area contributed by atoms with Crippen LogP contribution in [0, 0.1) is 13.8 Å². The Kier molecular flexibility index (Phi) is 5.75. The van der Waals surface area contributed by atoms with Crippen LogP contribution in [-0.2, 0) is 29.1 Å². The monoisotopic (exact) mass is 476 g/mol. The fraction of sp³-hybridized carbons (Fsp3) is 0.269. The van der Waals surface area contributed by atoms with E-state index in [4.69, 9.17) is 16.3 Å². The van der Waals surface area contributed by atoms with Gasteiger partial charge in [-0.3, -0.25) is 4.79 Å². The van der Waals surface area contributed by atoms with E-state index in [-0.39, 0.29) is 6.42 Å². The van der Waals surface area contributed by atoms with Gasteiger partial charge in [0, 0.05) is 54.3 Å². The van der Waals surface area contributed by atoms with Crippen LogP contribution in [0.25, 0.3) is 22.0 Å². The topological polar surface area (TPSA) is 80.5 Å². The van der Waals surface area contributed by atoms with Crippen molar-refractivity contribution in [1.82, 2.24) is 14.5 Å². The molecule has 0 radical (unpaired) electrons. The minimum absolute atomic E-state index is 0.0849. The van der Waals surface area contributed by atoms with E-state index in [2.05, 4.69) is 32.4 Å². The Morgan fingerprint density at radius 1 is 1.15 bits per heavy atom. The van der Waals surface area contributed by atoms with Crippen LogP contribution < -0.4 is 4.90 Å². The van der Waals surface area contributed by atoms with Crippen LogP contribution in [-0.4, -0.2) is 39.3 Å². The zero-order chi connectivity index (χ0) is 24.0. The fourth-order valence-corrected chi connectivity index (χ4v) is 5.10. The third-order valence-corrected chi connectivity index (χ3v) is 6.68. The first-order valence-electron chi connectivity index (χ1n) is 11.1. The molecule has 0 unspecified atom stereocenters. The number of benzene rings is 2. The number of halogens is 1. The van der Waals surface area contributed by atoms with Gasteiger partial charge in [-0.15, -0.1) is 0 Å². The lowest BCUT2D eigenvalue weighted by Gasteiger charge is -2.33. The molecule has 2 aromatic carbocycles. The van der Waals surface area contributed by atoms with Gasteiger partial charge in [0.1, 0.15) is 0 Å². The number of carbonyl (C=O) groups is 1. The number of aliphatic carboxylic acids is 1. The van der Waals surface area contributed by atoms with Gasteiger partial charge in [-0.25, -0.2) is 9.97 Å². The highest BCUT2D eigenvalue weighted by atomic mass is 35.5. The lowest BCUT2D eigenvalue weighted by Crippen LogP contribution is -2.30. The molecular formula is C26H25ClN4O3. The summed E-state index contributed by atoms with van der Waals surface area (Å²) in [5, 5.41) is 11.5. The van der Waals surface area contributed by atoms with Gasteiger partial charge >= 0.3 is 5.97 Å². The number of nitrogens with zero attached hydrogens (tertiary/aromatic N) is 4. The first-order chi connectivity index (χ1) is 16.4. The molecule has 34 heavy (non-hydrogen) atoms. The Morgan fingerprint density at radius 2 is 1.85 bits per heavy atom. The molecule has 1 N–H and O–H groups in total. The molecule has 1 aliphatic heterocycles. The summed E-state index contributed by atoms with van der Waals surface area (Å²) < 4.78 is 7.49. The number of aromatic nitrogens is 3. The second-order valence-corrected chi connectivity index (χ2v) is 9.02. The fourth-order valence-electron chi connectivity index (χ4n) is 4.97. The summed E-state index contributed by atoms with van der Waals surface area (Å²) in [6.07, 6.45) is 3.47. The average molecular weight is 477 g/mol. The average Bonchev–Trinajstić information content (AvgIpc) is 3.15. The highest BCUT2D eigenvalue weighted by Gasteiger charge is 2.30. The predicted molar refractivity (Wildman–Crippen MR) is 133 cm³/mol. The van der Waals surface area contributed by atoms with Crippen molar-refractivity contribution in [2.75, 3.05) is 18.6 Å². The normalized spacial score (nSPS) is 13.0. The molecule has 1 aliphatic rings. The van der Waals surface area contributed by atoms with E-state index in [1.807, 2.05) is 31.2 Å². The van der Waals surface area contributed by atoms with Gasteiger partial charge < -0.3 is 19.3 Å². The van der Waals surface area contributed by atoms with Crippen molar-refractivity contribution in [3.8, 4) is 11.1 Å². The van der Waals surface area contributed by atoms with E-state index in [0.29, 0.717) is 24.1 Å². The largest absolute Gasteiger partial charge is 0.481 e. The molecule has 0 amide bonds.